The van der Waals surface area contributed by atoms with E-state index in [2.05, 4.69) is 10.3 Å². The molecule has 3 atom stereocenters. The van der Waals surface area contributed by atoms with Crippen molar-refractivity contribution in [2.45, 2.75) is 65.2 Å². The molecule has 31 heavy (non-hydrogen) atoms. The lowest BCUT2D eigenvalue weighted by molar-refractivity contribution is -0.123. The van der Waals surface area contributed by atoms with Crippen LogP contribution in [0.1, 0.15) is 57.2 Å². The van der Waals surface area contributed by atoms with Gasteiger partial charge in [0.05, 0.1) is 18.7 Å². The maximum atomic E-state index is 13.0. The van der Waals surface area contributed by atoms with Crippen molar-refractivity contribution >= 4 is 17.2 Å². The van der Waals surface area contributed by atoms with E-state index < -0.39 is 12.1 Å². The van der Waals surface area contributed by atoms with E-state index in [1.165, 1.54) is 23.5 Å². The van der Waals surface area contributed by atoms with Crippen LogP contribution in [-0.2, 0) is 11.2 Å². The first-order chi connectivity index (χ1) is 14.7. The van der Waals surface area contributed by atoms with Crippen molar-refractivity contribution < 1.29 is 19.4 Å². The second-order valence-electron chi connectivity index (χ2n) is 7.15. The first kappa shape index (κ1) is 29.1. The van der Waals surface area contributed by atoms with E-state index in [1.807, 2.05) is 34.9 Å². The molecule has 8 heteroatoms. The van der Waals surface area contributed by atoms with Crippen LogP contribution in [0.15, 0.2) is 35.8 Å². The van der Waals surface area contributed by atoms with Gasteiger partial charge in [-0.25, -0.2) is 9.37 Å². The van der Waals surface area contributed by atoms with Gasteiger partial charge in [-0.15, -0.1) is 11.3 Å². The number of aliphatic hydroxyl groups excluding tert-OH is 2. The number of aromatic nitrogens is 1. The van der Waals surface area contributed by atoms with Crippen molar-refractivity contribution in [3.8, 4) is 0 Å². The van der Waals surface area contributed by atoms with Gasteiger partial charge in [0.1, 0.15) is 16.9 Å². The number of benzene rings is 1. The van der Waals surface area contributed by atoms with Crippen LogP contribution in [0.4, 0.5) is 4.39 Å². The first-order valence-electron chi connectivity index (χ1n) is 10.7. The smallest absolute Gasteiger partial charge is 0.234 e. The number of rotatable bonds is 9. The molecular weight excluding hydrogens is 417 g/mol. The maximum Gasteiger partial charge on any atom is 0.234 e. The molecule has 0 saturated heterocycles. The van der Waals surface area contributed by atoms with Crippen LogP contribution in [0.3, 0.4) is 0 Å². The predicted octanol–water partition coefficient (Wildman–Crippen LogP) is 3.80. The number of halogens is 1. The fourth-order valence-electron chi connectivity index (χ4n) is 2.37. The molecule has 3 N–H and O–H groups in total. The van der Waals surface area contributed by atoms with Crippen molar-refractivity contribution in [2.24, 2.45) is 0 Å². The lowest BCUT2D eigenvalue weighted by Crippen LogP contribution is -2.43. The third kappa shape index (κ3) is 13.2. The van der Waals surface area contributed by atoms with Gasteiger partial charge in [0.25, 0.3) is 0 Å². The number of hydrogen-bond acceptors (Lipinski definition) is 6. The van der Waals surface area contributed by atoms with E-state index in [0.29, 0.717) is 17.8 Å². The predicted molar refractivity (Wildman–Crippen MR) is 126 cm³/mol. The number of likely N-dealkylation sites (N-methyl/N-ethyl adjacent to an activating group) is 1. The molecule has 1 aromatic heterocycles. The Labute approximate surface area is 190 Å². The summed E-state index contributed by atoms with van der Waals surface area (Å²) in [4.78, 5) is 18.0. The van der Waals surface area contributed by atoms with Crippen LogP contribution in [0.2, 0.25) is 0 Å². The summed E-state index contributed by atoms with van der Waals surface area (Å²) >= 11 is 1.35. The van der Waals surface area contributed by atoms with E-state index in [-0.39, 0.29) is 24.4 Å². The first-order valence-corrected chi connectivity index (χ1v) is 11.5. The van der Waals surface area contributed by atoms with Crippen LogP contribution in [0.5, 0.6) is 0 Å². The Kier molecular flexibility index (Phi) is 15.8. The minimum atomic E-state index is -0.864. The number of carbonyl (C=O) groups is 1. The molecule has 1 amide bonds. The summed E-state index contributed by atoms with van der Waals surface area (Å²) in [7, 11) is 3.62. The lowest BCUT2D eigenvalue weighted by Gasteiger charge is -2.24. The average molecular weight is 456 g/mol. The van der Waals surface area contributed by atoms with Gasteiger partial charge in [0.15, 0.2) is 0 Å². The Morgan fingerprint density at radius 3 is 2.26 bits per heavy atom. The summed E-state index contributed by atoms with van der Waals surface area (Å²) in [6.45, 7) is 7.97. The molecule has 0 radical (unpaired) electrons. The van der Waals surface area contributed by atoms with E-state index in [4.69, 9.17) is 5.11 Å². The van der Waals surface area contributed by atoms with E-state index in [1.54, 1.807) is 35.5 Å². The molecule has 0 aliphatic carbocycles. The minimum absolute atomic E-state index is 0.116. The van der Waals surface area contributed by atoms with Crippen LogP contribution >= 0.6 is 11.3 Å². The van der Waals surface area contributed by atoms with E-state index in [9.17, 15) is 14.3 Å². The summed E-state index contributed by atoms with van der Waals surface area (Å²) in [6, 6.07) is 5.79. The van der Waals surface area contributed by atoms with E-state index in [0.717, 1.165) is 12.0 Å². The third-order valence-electron chi connectivity index (χ3n) is 4.14. The fraction of sp³-hybridized carbons (Fsp3) is 0.565. The number of aliphatic hydroxyl groups is 2. The number of amides is 1. The van der Waals surface area contributed by atoms with Crippen LogP contribution in [0, 0.1) is 5.82 Å². The fourth-order valence-corrected chi connectivity index (χ4v) is 3.06. The Hall–Kier alpha value is -1.87. The summed E-state index contributed by atoms with van der Waals surface area (Å²) in [5.74, 6) is -0.433. The molecule has 1 aromatic carbocycles. The molecule has 176 valence electrons. The lowest BCUT2D eigenvalue weighted by atomic mass is 10.0. The molecule has 0 aliphatic heterocycles. The van der Waals surface area contributed by atoms with Gasteiger partial charge in [0.2, 0.25) is 5.91 Å². The highest BCUT2D eigenvalue weighted by molar-refractivity contribution is 7.09. The molecule has 6 nitrogen and oxygen atoms in total. The third-order valence-corrected chi connectivity index (χ3v) is 4.99. The number of nitrogens with zero attached hydrogens (tertiary/aromatic N) is 2. The number of hydrogen-bond donors (Lipinski definition) is 3. The van der Waals surface area contributed by atoms with Crippen LogP contribution in [-0.4, -0.2) is 58.8 Å². The zero-order valence-corrected chi connectivity index (χ0v) is 20.3. The zero-order chi connectivity index (χ0) is 23.8. The van der Waals surface area contributed by atoms with Gasteiger partial charge in [0, 0.05) is 11.6 Å². The molecule has 0 saturated carbocycles. The molecule has 2 rings (SSSR count). The summed E-state index contributed by atoms with van der Waals surface area (Å²) in [6.07, 6.45) is 2.66. The maximum absolute atomic E-state index is 13.0. The van der Waals surface area contributed by atoms with Gasteiger partial charge in [-0.05, 0) is 58.0 Å². The summed E-state index contributed by atoms with van der Waals surface area (Å²) in [5, 5.41) is 24.1. The van der Waals surface area contributed by atoms with Gasteiger partial charge in [-0.2, -0.15) is 0 Å². The van der Waals surface area contributed by atoms with Crippen LogP contribution < -0.4 is 5.32 Å². The van der Waals surface area contributed by atoms with Crippen molar-refractivity contribution in [1.29, 1.82) is 0 Å². The highest BCUT2D eigenvalue weighted by Gasteiger charge is 2.24. The average Bonchev–Trinajstić information content (AvgIpc) is 3.28. The molecule has 0 fully saturated rings. The monoisotopic (exact) mass is 455 g/mol. The number of carbonyl (C=O) groups excluding carboxylic acids is 1. The minimum Gasteiger partial charge on any atom is -0.393 e. The van der Waals surface area contributed by atoms with Gasteiger partial charge in [-0.3, -0.25) is 4.79 Å². The number of aryl methyl sites for hydroxylation is 1. The molecule has 0 spiro atoms. The molecule has 2 aromatic rings. The van der Waals surface area contributed by atoms with E-state index >= 15 is 0 Å². The molecular formula is C23H38FN3O3S. The van der Waals surface area contributed by atoms with Crippen molar-refractivity contribution in [2.75, 3.05) is 20.6 Å². The van der Waals surface area contributed by atoms with Gasteiger partial charge in [-0.1, -0.05) is 32.9 Å². The zero-order valence-electron chi connectivity index (χ0n) is 19.5. The number of nitrogens with one attached hydrogen (secondary N) is 1. The Morgan fingerprint density at radius 2 is 1.81 bits per heavy atom. The van der Waals surface area contributed by atoms with Gasteiger partial charge < -0.3 is 20.4 Å². The summed E-state index contributed by atoms with van der Waals surface area (Å²) in [5.41, 5.74) is 0.953. The molecule has 3 unspecified atom stereocenters. The van der Waals surface area contributed by atoms with Crippen molar-refractivity contribution in [1.82, 2.24) is 15.2 Å². The SMILES string of the molecule is CC.CCC(C)O.CN(C)CC(=O)NC(CCc1ccc(F)cc1)C(O)c1nccs1. The second kappa shape index (κ2) is 16.8. The van der Waals surface area contributed by atoms with Crippen molar-refractivity contribution in [3.05, 3.63) is 52.2 Å². The normalized spacial score (nSPS) is 13.2. The van der Waals surface area contributed by atoms with Crippen LogP contribution in [0.25, 0.3) is 0 Å². The number of thiazole rings is 1. The Balaban J connectivity index is 0.00000113. The largest absolute Gasteiger partial charge is 0.393 e. The molecule has 1 heterocycles. The Morgan fingerprint density at radius 1 is 1.23 bits per heavy atom. The Bertz CT molecular complexity index is 695. The van der Waals surface area contributed by atoms with Crippen molar-refractivity contribution in [3.63, 3.8) is 0 Å². The van der Waals surface area contributed by atoms with Gasteiger partial charge >= 0.3 is 0 Å². The second-order valence-corrected chi connectivity index (χ2v) is 8.08. The highest BCUT2D eigenvalue weighted by Crippen LogP contribution is 2.22. The quantitative estimate of drug-likeness (QED) is 0.536. The standard InChI is InChI=1S/C17H22FN3O2S.C4H10O.C2H6/c1-21(2)11-15(22)20-14(16(23)17-19-9-10-24-17)8-5-12-3-6-13(18)7-4-12;1-3-4(2)5;1-2/h3-4,6-7,9-10,14,16,23H,5,8,11H2,1-2H3,(H,20,22);4-5H,3H2,1-2H3;1-2H3. The summed E-state index contributed by atoms with van der Waals surface area (Å²) < 4.78 is 13.0. The highest BCUT2D eigenvalue weighted by atomic mass is 32.1. The molecule has 0 aliphatic rings. The molecule has 0 bridgehead atoms. The topological polar surface area (TPSA) is 85.7 Å².